The van der Waals surface area contributed by atoms with Gasteiger partial charge in [0.25, 0.3) is 11.8 Å². The third kappa shape index (κ3) is 13.0. The number of nitrogens with zero attached hydrogens (tertiary/aromatic N) is 10. The summed E-state index contributed by atoms with van der Waals surface area (Å²) in [6, 6.07) is 23.4. The number of piperazine rings is 1. The average molecular weight is 1230 g/mol. The summed E-state index contributed by atoms with van der Waals surface area (Å²) >= 11 is 3.03. The Hall–Kier alpha value is -7.59. The van der Waals surface area contributed by atoms with E-state index >= 15 is 4.79 Å². The molecule has 0 unspecified atom stereocenters. The number of aliphatic hydroxyl groups excluding tert-OH is 1. The molecule has 0 radical (unpaired) electrons. The van der Waals surface area contributed by atoms with E-state index in [9.17, 15) is 24.3 Å². The number of benzene rings is 3. The number of aryl methyl sites for hydroxylation is 1. The van der Waals surface area contributed by atoms with Crippen LogP contribution in [0.2, 0.25) is 0 Å². The maximum atomic E-state index is 15.2. The fourth-order valence-corrected chi connectivity index (χ4v) is 15.4. The third-order valence-corrected chi connectivity index (χ3v) is 20.8. The lowest BCUT2D eigenvalue weighted by molar-refractivity contribution is -0.142. The molecular weight excluding hydrogens is 1150 g/mol. The lowest BCUT2D eigenvalue weighted by Crippen LogP contribution is -2.60. The highest BCUT2D eigenvalue weighted by Crippen LogP contribution is 2.36. The number of aliphatic hydroxyl groups is 1. The van der Waals surface area contributed by atoms with Crippen molar-refractivity contribution in [2.75, 3.05) is 62.6 Å². The highest BCUT2D eigenvalue weighted by molar-refractivity contribution is 7.22. The molecule has 12 rings (SSSR count). The number of likely N-dealkylation sites (tertiary alicyclic amines) is 2. The number of hydrogen-bond donors (Lipinski definition) is 4. The Bertz CT molecular complexity index is 3670. The number of amides is 6. The van der Waals surface area contributed by atoms with Gasteiger partial charge in [0.1, 0.15) is 23.6 Å². The van der Waals surface area contributed by atoms with Crippen LogP contribution < -0.4 is 20.9 Å². The van der Waals surface area contributed by atoms with Crippen molar-refractivity contribution in [3.05, 3.63) is 130 Å². The second-order valence-corrected chi connectivity index (χ2v) is 27.6. The number of aromatic nitrogens is 5. The molecular formula is C67H81N13O6S2. The fourth-order valence-electron chi connectivity index (χ4n) is 13.7. The molecule has 8 heterocycles. The molecule has 19 nitrogen and oxygen atoms in total. The Morgan fingerprint density at radius 2 is 1.56 bits per heavy atom. The van der Waals surface area contributed by atoms with Crippen LogP contribution in [0.1, 0.15) is 134 Å². The van der Waals surface area contributed by atoms with Crippen LogP contribution in [0.15, 0.2) is 90.6 Å². The average Bonchev–Trinajstić information content (AvgIpc) is 1.77. The quantitative estimate of drug-likeness (QED) is 0.0801. The number of hydrogen-bond acceptors (Lipinski definition) is 14. The molecule has 88 heavy (non-hydrogen) atoms. The molecule has 4 fully saturated rings. The van der Waals surface area contributed by atoms with Gasteiger partial charge in [0.05, 0.1) is 44.6 Å². The van der Waals surface area contributed by atoms with E-state index in [0.717, 1.165) is 79.2 Å². The lowest BCUT2D eigenvalue weighted by Gasteiger charge is -2.43. The van der Waals surface area contributed by atoms with Gasteiger partial charge in [-0.15, -0.1) is 11.3 Å². The van der Waals surface area contributed by atoms with Crippen LogP contribution in [0.4, 0.5) is 15.7 Å². The first-order valence-electron chi connectivity index (χ1n) is 31.4. The molecule has 4 N–H and O–H groups in total. The first-order chi connectivity index (χ1) is 42.4. The molecule has 4 aromatic heterocycles. The number of para-hydroxylation sites is 1. The molecule has 1 saturated carbocycles. The Morgan fingerprint density at radius 3 is 2.28 bits per heavy atom. The van der Waals surface area contributed by atoms with Gasteiger partial charge in [0, 0.05) is 100 Å². The Labute approximate surface area is 522 Å². The van der Waals surface area contributed by atoms with Gasteiger partial charge in [-0.2, -0.15) is 5.10 Å². The minimum Gasteiger partial charge on any atom is -0.391 e. The zero-order valence-electron chi connectivity index (χ0n) is 51.3. The number of pyridine rings is 1. The van der Waals surface area contributed by atoms with Gasteiger partial charge in [-0.05, 0) is 117 Å². The molecule has 462 valence electrons. The Kier molecular flexibility index (Phi) is 17.8. The summed E-state index contributed by atoms with van der Waals surface area (Å²) in [7, 11) is 0. The van der Waals surface area contributed by atoms with E-state index in [4.69, 9.17) is 10.1 Å². The van der Waals surface area contributed by atoms with E-state index in [0.29, 0.717) is 86.9 Å². The fraction of sp³-hybridized carbons (Fsp3) is 0.478. The maximum Gasteiger partial charge on any atom is 0.318 e. The van der Waals surface area contributed by atoms with Crippen LogP contribution in [0.5, 0.6) is 0 Å². The van der Waals surface area contributed by atoms with E-state index in [1.54, 1.807) is 16.2 Å². The molecule has 6 amide bonds. The van der Waals surface area contributed by atoms with E-state index < -0.39 is 29.5 Å². The van der Waals surface area contributed by atoms with Crippen LogP contribution in [0, 0.1) is 25.2 Å². The van der Waals surface area contributed by atoms with Crippen molar-refractivity contribution in [2.24, 2.45) is 11.3 Å². The minimum absolute atomic E-state index is 0.0122. The zero-order valence-corrected chi connectivity index (χ0v) is 53.0. The van der Waals surface area contributed by atoms with Crippen LogP contribution in [-0.4, -0.2) is 156 Å². The van der Waals surface area contributed by atoms with Gasteiger partial charge >= 0.3 is 6.03 Å². The van der Waals surface area contributed by atoms with Gasteiger partial charge in [-0.1, -0.05) is 99.9 Å². The number of thiazole rings is 2. The summed E-state index contributed by atoms with van der Waals surface area (Å²) in [5, 5.41) is 25.6. The van der Waals surface area contributed by atoms with E-state index in [1.807, 2.05) is 124 Å². The van der Waals surface area contributed by atoms with Gasteiger partial charge in [0.15, 0.2) is 5.13 Å². The summed E-state index contributed by atoms with van der Waals surface area (Å²) in [4.78, 5) is 97.0. The molecule has 21 heteroatoms. The molecule has 0 bridgehead atoms. The van der Waals surface area contributed by atoms with E-state index in [-0.39, 0.29) is 48.8 Å². The topological polar surface area (TPSA) is 214 Å². The number of fused-ring (bicyclic) bond motifs is 2. The van der Waals surface area contributed by atoms with Crippen LogP contribution >= 0.6 is 22.7 Å². The van der Waals surface area contributed by atoms with Crippen LogP contribution in [0.25, 0.3) is 31.8 Å². The van der Waals surface area contributed by atoms with E-state index in [2.05, 4.69) is 53.4 Å². The molecule has 7 aromatic rings. The highest BCUT2D eigenvalue weighted by atomic mass is 32.1. The number of piperidine rings is 1. The standard InChI is InChI=1S/C67H81N13O6S2/c1-41(45-19-21-47(22-20-45)59-42(2)68-40-87-59)70-62(83)55-35-49(81)38-79(55)64(85)60(67(4,5)6)73-66(86)77-29-26-48(27-30-77)75-31-33-76(34-32-75)63(84)58-50(52-36-69-80(43(52)3)37-44-13-8-7-9-14-44)23-24-57(72-58)78-28-25-46-15-12-16-51(53(46)39-78)61(82)74-65-71-54-17-10-11-18-56(54)88-65/h10-12,15-24,36,40-41,44,48-49,55,60,81H,7-9,13-14,25-35,37-39H2,1-6H3,(H,70,83)(H,73,86)(H,71,74,82)/t41-,49+,55-,60+/m0/s1. The van der Waals surface area contributed by atoms with Crippen molar-refractivity contribution in [3.8, 4) is 21.6 Å². The summed E-state index contributed by atoms with van der Waals surface area (Å²) in [5.41, 5.74) is 10.6. The van der Waals surface area contributed by atoms with Crippen molar-refractivity contribution in [1.82, 2.24) is 55.0 Å². The van der Waals surface area contributed by atoms with Gasteiger partial charge < -0.3 is 35.3 Å². The van der Waals surface area contributed by atoms with Crippen molar-refractivity contribution >= 4 is 73.5 Å². The number of carbonyl (C=O) groups is 5. The monoisotopic (exact) mass is 1230 g/mol. The summed E-state index contributed by atoms with van der Waals surface area (Å²) in [6.45, 7) is 16.9. The molecule has 0 spiro atoms. The smallest absolute Gasteiger partial charge is 0.318 e. The largest absolute Gasteiger partial charge is 0.391 e. The normalized spacial score (nSPS) is 19.6. The van der Waals surface area contributed by atoms with E-state index in [1.165, 1.54) is 48.3 Å². The number of carbonyl (C=O) groups excluding carboxylic acids is 5. The first kappa shape index (κ1) is 60.7. The van der Waals surface area contributed by atoms with Gasteiger partial charge in [0.2, 0.25) is 11.8 Å². The summed E-state index contributed by atoms with van der Waals surface area (Å²) in [6.07, 6.45) is 9.43. The molecule has 4 aliphatic heterocycles. The Morgan fingerprint density at radius 1 is 0.795 bits per heavy atom. The molecule has 5 aliphatic rings. The summed E-state index contributed by atoms with van der Waals surface area (Å²) < 4.78 is 3.11. The van der Waals surface area contributed by atoms with Crippen molar-refractivity contribution in [3.63, 3.8) is 0 Å². The molecule has 3 aromatic carbocycles. The highest BCUT2D eigenvalue weighted by Gasteiger charge is 2.46. The number of urea groups is 1. The second kappa shape index (κ2) is 25.9. The predicted octanol–water partition coefficient (Wildman–Crippen LogP) is 9.88. The molecule has 1 aliphatic carbocycles. The van der Waals surface area contributed by atoms with Gasteiger partial charge in [-0.3, -0.25) is 34.1 Å². The molecule has 3 saturated heterocycles. The number of anilines is 2. The van der Waals surface area contributed by atoms with Gasteiger partial charge in [-0.25, -0.2) is 19.7 Å². The first-order valence-corrected chi connectivity index (χ1v) is 33.1. The second-order valence-electron chi connectivity index (χ2n) is 25.8. The lowest BCUT2D eigenvalue weighted by atomic mass is 9.85. The van der Waals surface area contributed by atoms with Crippen molar-refractivity contribution in [1.29, 1.82) is 0 Å². The van der Waals surface area contributed by atoms with Crippen molar-refractivity contribution in [2.45, 2.75) is 143 Å². The van der Waals surface area contributed by atoms with Crippen LogP contribution in [0.3, 0.4) is 0 Å². The third-order valence-electron chi connectivity index (χ3n) is 18.9. The SMILES string of the molecule is Cc1ncsc1-c1ccc([C@H](C)NC(=O)[C@@H]2C[C@@H](O)CN2C(=O)[C@@H](NC(=O)N2CCC(N3CCN(C(=O)c4nc(N5CCc6cccc(C(=O)Nc7nc8ccccc8s7)c6C5)ccc4-c4cnn(CC5CCCCC5)c4C)CC3)CC2)C(C)(C)C)cc1. The zero-order chi connectivity index (χ0) is 61.4. The number of rotatable bonds is 14. The molecule has 4 atom stereocenters. The minimum atomic E-state index is -0.958. The predicted molar refractivity (Wildman–Crippen MR) is 344 cm³/mol. The number of β-amino-alcohol motifs (C(OH)–C–C–N with tert-alkyl or cyclic N) is 1. The maximum absolute atomic E-state index is 15.2. The number of nitrogens with one attached hydrogen (secondary N) is 3. The van der Waals surface area contributed by atoms with Crippen molar-refractivity contribution < 1.29 is 29.1 Å². The summed E-state index contributed by atoms with van der Waals surface area (Å²) in [5.74, 6) is 0.148. The Balaban J connectivity index is 0.688. The van der Waals surface area contributed by atoms with Crippen LogP contribution in [-0.2, 0) is 29.1 Å².